The Balaban J connectivity index is 1.39. The molecule has 4 rings (SSSR count). The van der Waals surface area contributed by atoms with Gasteiger partial charge in [0.2, 0.25) is 11.8 Å². The second kappa shape index (κ2) is 7.40. The standard InChI is InChI=1S/C20H26N2O2S/c23-19(10-16-6-3-5-15-4-1-2-7-17(15)16)22-13-25-12-18(22)20(24)21-11-14-8-9-14/h1-2,4,7,14,16,18H,3,5-6,8-13H2,(H,21,24)/t16-,18-/m1/s1. The molecule has 2 aliphatic carbocycles. The number of hydrogen-bond acceptors (Lipinski definition) is 3. The van der Waals surface area contributed by atoms with E-state index in [4.69, 9.17) is 0 Å². The van der Waals surface area contributed by atoms with E-state index >= 15 is 0 Å². The van der Waals surface area contributed by atoms with Gasteiger partial charge in [0.1, 0.15) is 6.04 Å². The highest BCUT2D eigenvalue weighted by atomic mass is 32.2. The van der Waals surface area contributed by atoms with Crippen LogP contribution in [0.3, 0.4) is 0 Å². The van der Waals surface area contributed by atoms with Crippen LogP contribution in [-0.4, -0.2) is 40.9 Å². The second-order valence-corrected chi connectivity index (χ2v) is 8.56. The average Bonchev–Trinajstić information content (AvgIpc) is 3.33. The van der Waals surface area contributed by atoms with Crippen LogP contribution in [0.4, 0.5) is 0 Å². The Labute approximate surface area is 153 Å². The normalized spacial score (nSPS) is 25.5. The first-order chi connectivity index (χ1) is 12.2. The van der Waals surface area contributed by atoms with Gasteiger partial charge in [-0.25, -0.2) is 0 Å². The molecule has 0 spiro atoms. The second-order valence-electron chi connectivity index (χ2n) is 7.56. The molecule has 1 heterocycles. The maximum absolute atomic E-state index is 12.9. The highest BCUT2D eigenvalue weighted by Crippen LogP contribution is 2.35. The highest BCUT2D eigenvalue weighted by Gasteiger charge is 2.36. The molecule has 2 atom stereocenters. The summed E-state index contributed by atoms with van der Waals surface area (Å²) >= 11 is 1.69. The molecule has 5 heteroatoms. The zero-order valence-electron chi connectivity index (χ0n) is 14.6. The number of amides is 2. The molecule has 1 aliphatic heterocycles. The van der Waals surface area contributed by atoms with Crippen molar-refractivity contribution < 1.29 is 9.59 Å². The van der Waals surface area contributed by atoms with Gasteiger partial charge in [-0.05, 0) is 55.1 Å². The molecule has 25 heavy (non-hydrogen) atoms. The lowest BCUT2D eigenvalue weighted by atomic mass is 9.81. The first-order valence-corrected chi connectivity index (χ1v) is 10.6. The number of nitrogens with zero attached hydrogens (tertiary/aromatic N) is 1. The predicted octanol–water partition coefficient (Wildman–Crippen LogP) is 2.92. The van der Waals surface area contributed by atoms with Crippen LogP contribution >= 0.6 is 11.8 Å². The zero-order chi connectivity index (χ0) is 17.2. The van der Waals surface area contributed by atoms with Crippen LogP contribution in [0.15, 0.2) is 24.3 Å². The van der Waals surface area contributed by atoms with E-state index in [-0.39, 0.29) is 17.9 Å². The summed E-state index contributed by atoms with van der Waals surface area (Å²) in [6.07, 6.45) is 6.32. The smallest absolute Gasteiger partial charge is 0.243 e. The average molecular weight is 359 g/mol. The van der Waals surface area contributed by atoms with Gasteiger partial charge >= 0.3 is 0 Å². The summed E-state index contributed by atoms with van der Waals surface area (Å²) in [5.74, 6) is 2.52. The molecule has 134 valence electrons. The van der Waals surface area contributed by atoms with Crippen LogP contribution in [0.2, 0.25) is 0 Å². The third-order valence-electron chi connectivity index (χ3n) is 5.68. The summed E-state index contributed by atoms with van der Waals surface area (Å²) in [5.41, 5.74) is 2.73. The Kier molecular flexibility index (Phi) is 5.02. The number of aryl methyl sites for hydroxylation is 1. The lowest BCUT2D eigenvalue weighted by Crippen LogP contribution is -2.48. The predicted molar refractivity (Wildman–Crippen MR) is 100 cm³/mol. The summed E-state index contributed by atoms with van der Waals surface area (Å²) in [6, 6.07) is 8.23. The first kappa shape index (κ1) is 17.0. The molecule has 0 aromatic heterocycles. The largest absolute Gasteiger partial charge is 0.354 e. The van der Waals surface area contributed by atoms with E-state index in [1.54, 1.807) is 11.8 Å². The number of benzene rings is 1. The van der Waals surface area contributed by atoms with Crippen LogP contribution in [0.1, 0.15) is 49.1 Å². The zero-order valence-corrected chi connectivity index (χ0v) is 15.4. The third-order valence-corrected chi connectivity index (χ3v) is 6.69. The number of thioether (sulfide) groups is 1. The number of rotatable bonds is 5. The van der Waals surface area contributed by atoms with Gasteiger partial charge in [0.05, 0.1) is 5.88 Å². The molecular formula is C20H26N2O2S. The van der Waals surface area contributed by atoms with E-state index < -0.39 is 0 Å². The van der Waals surface area contributed by atoms with Crippen molar-refractivity contribution >= 4 is 23.6 Å². The minimum absolute atomic E-state index is 0.0364. The molecule has 0 unspecified atom stereocenters. The van der Waals surface area contributed by atoms with Crippen molar-refractivity contribution in [3.05, 3.63) is 35.4 Å². The van der Waals surface area contributed by atoms with Gasteiger partial charge < -0.3 is 10.2 Å². The highest BCUT2D eigenvalue weighted by molar-refractivity contribution is 7.99. The molecule has 1 aromatic rings. The minimum atomic E-state index is -0.282. The van der Waals surface area contributed by atoms with Crippen molar-refractivity contribution in [2.45, 2.75) is 50.5 Å². The fourth-order valence-corrected chi connectivity index (χ4v) is 5.17. The number of hydrogen-bond donors (Lipinski definition) is 1. The number of carbonyl (C=O) groups is 2. The Bertz CT molecular complexity index is 659. The van der Waals surface area contributed by atoms with Gasteiger partial charge in [-0.15, -0.1) is 11.8 Å². The molecule has 2 amide bonds. The van der Waals surface area contributed by atoms with Gasteiger partial charge in [-0.3, -0.25) is 9.59 Å². The van der Waals surface area contributed by atoms with Crippen molar-refractivity contribution in [2.75, 3.05) is 18.2 Å². The lowest BCUT2D eigenvalue weighted by molar-refractivity contribution is -0.138. The van der Waals surface area contributed by atoms with Gasteiger partial charge in [-0.1, -0.05) is 24.3 Å². The summed E-state index contributed by atoms with van der Waals surface area (Å²) in [6.45, 7) is 0.776. The minimum Gasteiger partial charge on any atom is -0.354 e. The Hall–Kier alpha value is -1.49. The Morgan fingerprint density at radius 3 is 2.88 bits per heavy atom. The summed E-state index contributed by atoms with van der Waals surface area (Å²) in [7, 11) is 0. The molecule has 1 saturated carbocycles. The monoisotopic (exact) mass is 358 g/mol. The summed E-state index contributed by atoms with van der Waals surface area (Å²) in [4.78, 5) is 27.2. The quantitative estimate of drug-likeness (QED) is 0.880. The van der Waals surface area contributed by atoms with Gasteiger partial charge in [0.15, 0.2) is 0 Å². The van der Waals surface area contributed by atoms with Crippen LogP contribution in [0, 0.1) is 5.92 Å². The number of fused-ring (bicyclic) bond motifs is 1. The maximum Gasteiger partial charge on any atom is 0.243 e. The van der Waals surface area contributed by atoms with E-state index in [9.17, 15) is 9.59 Å². The fourth-order valence-electron chi connectivity index (χ4n) is 3.98. The van der Waals surface area contributed by atoms with Crippen LogP contribution in [0.25, 0.3) is 0 Å². The Morgan fingerprint density at radius 1 is 1.20 bits per heavy atom. The molecule has 2 fully saturated rings. The molecular weight excluding hydrogens is 332 g/mol. The van der Waals surface area contributed by atoms with E-state index in [0.717, 1.165) is 31.6 Å². The van der Waals surface area contributed by atoms with Crippen molar-refractivity contribution in [3.8, 4) is 0 Å². The molecule has 1 aromatic carbocycles. The molecule has 0 bridgehead atoms. The van der Waals surface area contributed by atoms with Crippen molar-refractivity contribution in [2.24, 2.45) is 5.92 Å². The number of carbonyl (C=O) groups excluding carboxylic acids is 2. The van der Waals surface area contributed by atoms with E-state index in [1.807, 2.05) is 4.90 Å². The van der Waals surface area contributed by atoms with Gasteiger partial charge in [0, 0.05) is 18.7 Å². The summed E-state index contributed by atoms with van der Waals surface area (Å²) in [5, 5.41) is 3.04. The Morgan fingerprint density at radius 2 is 2.04 bits per heavy atom. The van der Waals surface area contributed by atoms with Crippen LogP contribution in [-0.2, 0) is 16.0 Å². The molecule has 4 nitrogen and oxygen atoms in total. The van der Waals surface area contributed by atoms with Crippen molar-refractivity contribution in [3.63, 3.8) is 0 Å². The van der Waals surface area contributed by atoms with Gasteiger partial charge in [-0.2, -0.15) is 0 Å². The molecule has 1 saturated heterocycles. The van der Waals surface area contributed by atoms with Crippen LogP contribution < -0.4 is 5.32 Å². The maximum atomic E-state index is 12.9. The third kappa shape index (κ3) is 3.86. The fraction of sp³-hybridized carbons (Fsp3) is 0.600. The van der Waals surface area contributed by atoms with Crippen molar-refractivity contribution in [1.82, 2.24) is 10.2 Å². The van der Waals surface area contributed by atoms with Crippen molar-refractivity contribution in [1.29, 1.82) is 0 Å². The number of nitrogens with one attached hydrogen (secondary N) is 1. The lowest BCUT2D eigenvalue weighted by Gasteiger charge is -2.28. The van der Waals surface area contributed by atoms with E-state index in [0.29, 0.717) is 24.1 Å². The first-order valence-electron chi connectivity index (χ1n) is 9.45. The molecule has 3 aliphatic rings. The SMILES string of the molecule is O=C(NCC1CC1)[C@H]1CSCN1C(=O)C[C@H]1CCCc2ccccc21. The van der Waals surface area contributed by atoms with E-state index in [1.165, 1.54) is 24.0 Å². The topological polar surface area (TPSA) is 49.4 Å². The van der Waals surface area contributed by atoms with Crippen LogP contribution in [0.5, 0.6) is 0 Å². The van der Waals surface area contributed by atoms with E-state index in [2.05, 4.69) is 29.6 Å². The molecule has 0 radical (unpaired) electrons. The molecule has 1 N–H and O–H groups in total. The summed E-state index contributed by atoms with van der Waals surface area (Å²) < 4.78 is 0. The van der Waals surface area contributed by atoms with Gasteiger partial charge in [0.25, 0.3) is 0 Å².